The number of fused-ring (bicyclic) bond motifs is 2. The smallest absolute Gasteiger partial charge is 0.256 e. The number of likely N-dealkylation sites (N-methyl/N-ethyl adjacent to an activating group) is 1. The first-order chi connectivity index (χ1) is 13.4. The van der Waals surface area contributed by atoms with E-state index >= 15 is 0 Å². The van der Waals surface area contributed by atoms with Crippen LogP contribution in [-0.2, 0) is 20.3 Å². The molecule has 1 aromatic heterocycles. The van der Waals surface area contributed by atoms with Gasteiger partial charge in [0.05, 0.1) is 46.6 Å². The van der Waals surface area contributed by atoms with Crippen molar-refractivity contribution in [3.63, 3.8) is 0 Å². The van der Waals surface area contributed by atoms with Crippen LogP contribution in [0.1, 0.15) is 27.3 Å². The van der Waals surface area contributed by atoms with E-state index in [2.05, 4.69) is 10.3 Å². The van der Waals surface area contributed by atoms with E-state index in [0.717, 1.165) is 5.69 Å². The van der Waals surface area contributed by atoms with E-state index in [-0.39, 0.29) is 11.8 Å². The van der Waals surface area contributed by atoms with E-state index in [9.17, 15) is 13.8 Å². The first-order valence-electron chi connectivity index (χ1n) is 9.02. The Hall–Kier alpha value is -2.71. The van der Waals surface area contributed by atoms with Crippen LogP contribution >= 0.6 is 0 Å². The molecule has 3 heterocycles. The number of aromatic nitrogens is 1. The van der Waals surface area contributed by atoms with Gasteiger partial charge in [-0.3, -0.25) is 13.8 Å². The lowest BCUT2D eigenvalue weighted by Crippen LogP contribution is -2.30. The van der Waals surface area contributed by atoms with Gasteiger partial charge in [0.15, 0.2) is 0 Å². The first kappa shape index (κ1) is 18.6. The number of rotatable bonds is 0. The second-order valence-corrected chi connectivity index (χ2v) is 8.46. The summed E-state index contributed by atoms with van der Waals surface area (Å²) in [5.74, 6) is -0.0371. The number of hydrogen-bond acceptors (Lipinski definition) is 4. The Kier molecular flexibility index (Phi) is 4.91. The van der Waals surface area contributed by atoms with Gasteiger partial charge < -0.3 is 19.9 Å². The Morgan fingerprint density at radius 3 is 2.79 bits per heavy atom. The Morgan fingerprint density at radius 2 is 1.96 bits per heavy atom. The van der Waals surface area contributed by atoms with Gasteiger partial charge in [-0.2, -0.15) is 0 Å². The molecule has 0 aliphatic carbocycles. The molecule has 4 rings (SSSR count). The number of benzene rings is 1. The van der Waals surface area contributed by atoms with Gasteiger partial charge in [0, 0.05) is 35.4 Å². The van der Waals surface area contributed by atoms with E-state index in [1.165, 1.54) is 0 Å². The number of aromatic amines is 1. The largest absolute Gasteiger partial charge is 0.379 e. The monoisotopic (exact) mass is 399 g/mol. The van der Waals surface area contributed by atoms with Gasteiger partial charge in [-0.15, -0.1) is 0 Å². The predicted octanol–water partition coefficient (Wildman–Crippen LogP) is 2.03. The van der Waals surface area contributed by atoms with Crippen molar-refractivity contribution in [2.24, 2.45) is 0 Å². The third-order valence-corrected chi connectivity index (χ3v) is 6.19. The summed E-state index contributed by atoms with van der Waals surface area (Å²) in [7, 11) is 0.481. The number of anilines is 1. The summed E-state index contributed by atoms with van der Waals surface area (Å²) in [6.07, 6.45) is 1.69. The van der Waals surface area contributed by atoms with Crippen LogP contribution in [0.25, 0.3) is 11.6 Å². The highest BCUT2D eigenvalue weighted by atomic mass is 32.2. The Balaban J connectivity index is 1.86. The molecule has 28 heavy (non-hydrogen) atoms. The number of carbonyl (C=O) groups is 2. The molecule has 2 bridgehead atoms. The fourth-order valence-electron chi connectivity index (χ4n) is 3.36. The van der Waals surface area contributed by atoms with Crippen LogP contribution in [0.5, 0.6) is 0 Å². The van der Waals surface area contributed by atoms with E-state index in [4.69, 9.17) is 4.74 Å². The normalized spacial score (nSPS) is 22.0. The van der Waals surface area contributed by atoms with Gasteiger partial charge in [-0.25, -0.2) is 0 Å². The van der Waals surface area contributed by atoms with Gasteiger partial charge in [0.1, 0.15) is 0 Å². The van der Waals surface area contributed by atoms with Gasteiger partial charge in [-0.05, 0) is 37.3 Å². The van der Waals surface area contributed by atoms with Crippen LogP contribution in [0.3, 0.4) is 0 Å². The van der Waals surface area contributed by atoms with Gasteiger partial charge >= 0.3 is 0 Å². The summed E-state index contributed by atoms with van der Waals surface area (Å²) < 4.78 is 18.2. The third kappa shape index (κ3) is 3.41. The first-order valence-corrected chi connectivity index (χ1v) is 10.3. The number of carbonyl (C=O) groups excluding carboxylic acids is 2. The molecule has 2 aliphatic heterocycles. The van der Waals surface area contributed by atoms with Crippen molar-refractivity contribution in [2.45, 2.75) is 11.8 Å². The summed E-state index contributed by atoms with van der Waals surface area (Å²) in [6, 6.07) is 7.08. The molecule has 1 atom stereocenters. The molecular weight excluding hydrogens is 378 g/mol. The SMILES string of the molecule is Cc1cc2c([nH]1)/C=C1\C(=O)Nc3ccc(cc31)S(=O)CCOCCN(C)C2=O. The minimum Gasteiger partial charge on any atom is -0.379 e. The number of nitrogens with one attached hydrogen (secondary N) is 2. The lowest BCUT2D eigenvalue weighted by molar-refractivity contribution is -0.110. The molecule has 0 fully saturated rings. The Labute approximate surface area is 165 Å². The number of hydrogen-bond donors (Lipinski definition) is 2. The standard InChI is InChI=1S/C20H21N3O4S/c1-12-9-16-18(21-12)11-15-14-10-13(3-4-17(14)22-19(15)24)28(26)8-7-27-6-5-23(2)20(16)25/h3-4,9-11,21H,5-8H2,1-2H3,(H,22,24)/b15-11-. The molecule has 1 unspecified atom stereocenters. The highest BCUT2D eigenvalue weighted by molar-refractivity contribution is 7.85. The number of ether oxygens (including phenoxy) is 1. The molecule has 0 radical (unpaired) electrons. The summed E-state index contributed by atoms with van der Waals surface area (Å²) in [6.45, 7) is 2.99. The minimum absolute atomic E-state index is 0.148. The van der Waals surface area contributed by atoms with Gasteiger partial charge in [0.25, 0.3) is 11.8 Å². The lowest BCUT2D eigenvalue weighted by Gasteiger charge is -2.17. The van der Waals surface area contributed by atoms with E-state index in [0.29, 0.717) is 58.5 Å². The van der Waals surface area contributed by atoms with Crippen molar-refractivity contribution < 1.29 is 18.5 Å². The fourth-order valence-corrected chi connectivity index (χ4v) is 4.33. The molecule has 1 aromatic carbocycles. The van der Waals surface area contributed by atoms with E-state index in [1.807, 2.05) is 6.92 Å². The Morgan fingerprint density at radius 1 is 1.14 bits per heavy atom. The predicted molar refractivity (Wildman–Crippen MR) is 108 cm³/mol. The van der Waals surface area contributed by atoms with Crippen LogP contribution in [0.2, 0.25) is 0 Å². The van der Waals surface area contributed by atoms with Crippen LogP contribution in [0.4, 0.5) is 5.69 Å². The minimum atomic E-state index is -1.23. The molecule has 8 heteroatoms. The topological polar surface area (TPSA) is 91.5 Å². The number of nitrogens with zero attached hydrogens (tertiary/aromatic N) is 1. The van der Waals surface area contributed by atoms with Crippen LogP contribution in [0.15, 0.2) is 29.2 Å². The van der Waals surface area contributed by atoms with Gasteiger partial charge in [-0.1, -0.05) is 0 Å². The number of H-pyrrole nitrogens is 1. The lowest BCUT2D eigenvalue weighted by atomic mass is 10.0. The van der Waals surface area contributed by atoms with Crippen LogP contribution < -0.4 is 5.32 Å². The second kappa shape index (κ2) is 7.37. The Bertz CT molecular complexity index is 1020. The summed E-state index contributed by atoms with van der Waals surface area (Å²) in [5.41, 5.74) is 3.71. The van der Waals surface area contributed by atoms with Crippen LogP contribution in [-0.4, -0.2) is 58.5 Å². The highest BCUT2D eigenvalue weighted by Crippen LogP contribution is 2.35. The number of amides is 2. The average Bonchev–Trinajstić information content (AvgIpc) is 3.19. The summed E-state index contributed by atoms with van der Waals surface area (Å²) in [4.78, 5) is 30.8. The molecule has 0 spiro atoms. The van der Waals surface area contributed by atoms with E-state index in [1.54, 1.807) is 42.3 Å². The van der Waals surface area contributed by atoms with Crippen molar-refractivity contribution in [1.82, 2.24) is 9.88 Å². The summed E-state index contributed by atoms with van der Waals surface area (Å²) in [5, 5.41) is 2.83. The van der Waals surface area contributed by atoms with Crippen molar-refractivity contribution in [1.29, 1.82) is 0 Å². The second-order valence-electron chi connectivity index (χ2n) is 6.89. The zero-order valence-electron chi connectivity index (χ0n) is 15.7. The molecular formula is C20H21N3O4S. The highest BCUT2D eigenvalue weighted by Gasteiger charge is 2.27. The fraction of sp³-hybridized carbons (Fsp3) is 0.300. The molecule has 2 N–H and O–H groups in total. The third-order valence-electron chi connectivity index (χ3n) is 4.87. The van der Waals surface area contributed by atoms with Gasteiger partial charge in [0.2, 0.25) is 0 Å². The maximum absolute atomic E-state index is 12.9. The quantitative estimate of drug-likeness (QED) is 0.709. The molecule has 7 nitrogen and oxygen atoms in total. The maximum atomic E-state index is 12.9. The zero-order valence-corrected chi connectivity index (χ0v) is 16.5. The zero-order chi connectivity index (χ0) is 19.8. The van der Waals surface area contributed by atoms with Crippen LogP contribution in [0, 0.1) is 6.92 Å². The number of aryl methyl sites for hydroxylation is 1. The summed E-state index contributed by atoms with van der Waals surface area (Å²) >= 11 is 0. The molecule has 2 aromatic rings. The molecule has 146 valence electrons. The molecule has 2 amide bonds. The van der Waals surface area contributed by atoms with Crippen molar-refractivity contribution in [3.05, 3.63) is 46.8 Å². The van der Waals surface area contributed by atoms with Crippen molar-refractivity contribution in [2.75, 3.05) is 37.9 Å². The maximum Gasteiger partial charge on any atom is 0.256 e. The van der Waals surface area contributed by atoms with E-state index < -0.39 is 10.8 Å². The average molecular weight is 399 g/mol. The van der Waals surface area contributed by atoms with Crippen molar-refractivity contribution in [3.8, 4) is 0 Å². The van der Waals surface area contributed by atoms with Crippen molar-refractivity contribution >= 4 is 40.0 Å². The molecule has 0 saturated heterocycles. The molecule has 2 aliphatic rings. The molecule has 0 saturated carbocycles.